The van der Waals surface area contributed by atoms with Crippen molar-refractivity contribution in [3.63, 3.8) is 0 Å². The molecular weight excluding hydrogens is 312 g/mol. The number of hydrogen-bond acceptors (Lipinski definition) is 4. The first-order chi connectivity index (χ1) is 12.3. The summed E-state index contributed by atoms with van der Waals surface area (Å²) in [5, 5.41) is 0. The maximum absolute atomic E-state index is 6.19. The first-order valence-corrected chi connectivity index (χ1v) is 9.38. The molecule has 1 aromatic carbocycles. The first kappa shape index (κ1) is 16.4. The summed E-state index contributed by atoms with van der Waals surface area (Å²) < 4.78 is 12.1. The molecule has 0 fully saturated rings. The van der Waals surface area contributed by atoms with E-state index in [1.807, 2.05) is 36.5 Å². The summed E-state index contributed by atoms with van der Waals surface area (Å²) in [6.07, 6.45) is 6.52. The van der Waals surface area contributed by atoms with Crippen LogP contribution in [0.1, 0.15) is 31.0 Å². The van der Waals surface area contributed by atoms with Gasteiger partial charge in [0.2, 0.25) is 0 Å². The van der Waals surface area contributed by atoms with Gasteiger partial charge < -0.3 is 9.47 Å². The molecule has 25 heavy (non-hydrogen) atoms. The zero-order chi connectivity index (χ0) is 17.1. The Labute approximate surface area is 149 Å². The van der Waals surface area contributed by atoms with Crippen molar-refractivity contribution in [3.8, 4) is 11.5 Å². The summed E-state index contributed by atoms with van der Waals surface area (Å²) in [4.78, 5) is 7.19. The van der Waals surface area contributed by atoms with Crippen LogP contribution in [0.5, 0.6) is 11.5 Å². The molecule has 0 saturated heterocycles. The number of para-hydroxylation sites is 2. The molecule has 0 spiro atoms. The van der Waals surface area contributed by atoms with Gasteiger partial charge in [0.05, 0.1) is 0 Å². The predicted octanol–water partition coefficient (Wildman–Crippen LogP) is 3.49. The molecule has 1 aromatic heterocycles. The van der Waals surface area contributed by atoms with E-state index in [1.54, 1.807) is 0 Å². The van der Waals surface area contributed by atoms with Crippen molar-refractivity contribution in [2.75, 3.05) is 19.7 Å². The van der Waals surface area contributed by atoms with Gasteiger partial charge in [-0.25, -0.2) is 0 Å². The standard InChI is InChI=1S/C21H26N2O2/c1-2-12-23(17-10-9-16-6-5-11-22-19(16)13-17)14-18-15-24-20-7-3-4-8-21(20)25-18/h3-8,11,17-18H,2,9-10,12-15H2,1H3. The van der Waals surface area contributed by atoms with Gasteiger partial charge in [-0.3, -0.25) is 9.88 Å². The van der Waals surface area contributed by atoms with Crippen LogP contribution in [0.2, 0.25) is 0 Å². The number of hydrogen-bond donors (Lipinski definition) is 0. The smallest absolute Gasteiger partial charge is 0.161 e. The molecule has 2 aromatic rings. The highest BCUT2D eigenvalue weighted by atomic mass is 16.6. The Morgan fingerprint density at radius 1 is 1.16 bits per heavy atom. The third-order valence-corrected chi connectivity index (χ3v) is 5.19. The second-order valence-corrected chi connectivity index (χ2v) is 7.00. The molecule has 4 nitrogen and oxygen atoms in total. The maximum atomic E-state index is 6.19. The summed E-state index contributed by atoms with van der Waals surface area (Å²) in [5.74, 6) is 1.72. The van der Waals surface area contributed by atoms with Crippen molar-refractivity contribution in [3.05, 3.63) is 53.9 Å². The molecule has 2 unspecified atom stereocenters. The lowest BCUT2D eigenvalue weighted by atomic mass is 9.90. The molecule has 0 radical (unpaired) electrons. The Bertz CT molecular complexity index is 719. The average molecular weight is 338 g/mol. The van der Waals surface area contributed by atoms with Gasteiger partial charge >= 0.3 is 0 Å². The van der Waals surface area contributed by atoms with E-state index >= 15 is 0 Å². The molecule has 4 heteroatoms. The van der Waals surface area contributed by atoms with Gasteiger partial charge in [0.15, 0.2) is 11.5 Å². The molecular formula is C21H26N2O2. The highest BCUT2D eigenvalue weighted by Crippen LogP contribution is 2.31. The number of rotatable bonds is 5. The Morgan fingerprint density at radius 2 is 2.04 bits per heavy atom. The van der Waals surface area contributed by atoms with Crippen LogP contribution in [-0.4, -0.2) is 41.7 Å². The monoisotopic (exact) mass is 338 g/mol. The van der Waals surface area contributed by atoms with Gasteiger partial charge in [-0.2, -0.15) is 0 Å². The number of nitrogens with zero attached hydrogens (tertiary/aromatic N) is 2. The summed E-state index contributed by atoms with van der Waals surface area (Å²) in [5.41, 5.74) is 2.69. The molecule has 0 bridgehead atoms. The molecule has 4 rings (SSSR count). The minimum Gasteiger partial charge on any atom is -0.486 e. The Kier molecular flexibility index (Phi) is 4.88. The van der Waals surface area contributed by atoms with Gasteiger partial charge in [-0.15, -0.1) is 0 Å². The summed E-state index contributed by atoms with van der Waals surface area (Å²) in [7, 11) is 0. The third kappa shape index (κ3) is 3.64. The van der Waals surface area contributed by atoms with Gasteiger partial charge in [-0.05, 0) is 49.6 Å². The second kappa shape index (κ2) is 7.44. The van der Waals surface area contributed by atoms with Crippen LogP contribution in [0.3, 0.4) is 0 Å². The largest absolute Gasteiger partial charge is 0.486 e. The molecule has 2 atom stereocenters. The summed E-state index contributed by atoms with van der Waals surface area (Å²) in [6.45, 7) is 4.87. The normalized spacial score (nSPS) is 21.8. The number of fused-ring (bicyclic) bond motifs is 2. The lowest BCUT2D eigenvalue weighted by Crippen LogP contribution is -2.47. The number of pyridine rings is 1. The molecule has 0 saturated carbocycles. The SMILES string of the molecule is CCCN(CC1COc2ccccc2O1)C1CCc2cccnc2C1. The quantitative estimate of drug-likeness (QED) is 0.836. The van der Waals surface area contributed by atoms with Gasteiger partial charge in [0.25, 0.3) is 0 Å². The molecule has 0 amide bonds. The number of aryl methyl sites for hydroxylation is 1. The number of ether oxygens (including phenoxy) is 2. The minimum atomic E-state index is 0.0894. The van der Waals surface area contributed by atoms with E-state index in [1.165, 1.54) is 17.7 Å². The van der Waals surface area contributed by atoms with Crippen molar-refractivity contribution >= 4 is 0 Å². The van der Waals surface area contributed by atoms with E-state index < -0.39 is 0 Å². The predicted molar refractivity (Wildman–Crippen MR) is 98.3 cm³/mol. The molecule has 1 aliphatic heterocycles. The van der Waals surface area contributed by atoms with E-state index in [4.69, 9.17) is 9.47 Å². The van der Waals surface area contributed by atoms with Crippen LogP contribution in [-0.2, 0) is 12.8 Å². The topological polar surface area (TPSA) is 34.6 Å². The van der Waals surface area contributed by atoms with Crippen molar-refractivity contribution in [2.45, 2.75) is 44.8 Å². The average Bonchev–Trinajstić information content (AvgIpc) is 2.67. The lowest BCUT2D eigenvalue weighted by Gasteiger charge is -2.37. The number of aromatic nitrogens is 1. The summed E-state index contributed by atoms with van der Waals surface area (Å²) in [6, 6.07) is 12.8. The fourth-order valence-electron chi connectivity index (χ4n) is 3.97. The Hall–Kier alpha value is -2.07. The van der Waals surface area contributed by atoms with Crippen LogP contribution >= 0.6 is 0 Å². The van der Waals surface area contributed by atoms with E-state index in [2.05, 4.69) is 22.9 Å². The van der Waals surface area contributed by atoms with Crippen molar-refractivity contribution in [1.29, 1.82) is 0 Å². The Morgan fingerprint density at radius 3 is 2.92 bits per heavy atom. The van der Waals surface area contributed by atoms with Crippen LogP contribution < -0.4 is 9.47 Å². The summed E-state index contributed by atoms with van der Waals surface area (Å²) >= 11 is 0. The van der Waals surface area contributed by atoms with Crippen molar-refractivity contribution in [1.82, 2.24) is 9.88 Å². The molecule has 1 aliphatic carbocycles. The second-order valence-electron chi connectivity index (χ2n) is 7.00. The van der Waals surface area contributed by atoms with Crippen molar-refractivity contribution < 1.29 is 9.47 Å². The van der Waals surface area contributed by atoms with Gasteiger partial charge in [0, 0.05) is 30.9 Å². The van der Waals surface area contributed by atoms with Crippen LogP contribution in [0.4, 0.5) is 0 Å². The van der Waals surface area contributed by atoms with Gasteiger partial charge in [-0.1, -0.05) is 25.1 Å². The fourth-order valence-corrected chi connectivity index (χ4v) is 3.97. The van der Waals surface area contributed by atoms with Crippen LogP contribution in [0, 0.1) is 0 Å². The molecule has 2 aliphatic rings. The fraction of sp³-hybridized carbons (Fsp3) is 0.476. The van der Waals surface area contributed by atoms with E-state index in [-0.39, 0.29) is 6.10 Å². The Balaban J connectivity index is 1.44. The van der Waals surface area contributed by atoms with E-state index in [0.29, 0.717) is 12.6 Å². The molecule has 2 heterocycles. The van der Waals surface area contributed by atoms with E-state index in [0.717, 1.165) is 43.9 Å². The zero-order valence-corrected chi connectivity index (χ0v) is 14.9. The third-order valence-electron chi connectivity index (χ3n) is 5.19. The van der Waals surface area contributed by atoms with E-state index in [9.17, 15) is 0 Å². The molecule has 132 valence electrons. The van der Waals surface area contributed by atoms with Crippen LogP contribution in [0.15, 0.2) is 42.6 Å². The zero-order valence-electron chi connectivity index (χ0n) is 14.9. The maximum Gasteiger partial charge on any atom is 0.161 e. The highest BCUT2D eigenvalue weighted by molar-refractivity contribution is 5.40. The highest BCUT2D eigenvalue weighted by Gasteiger charge is 2.29. The van der Waals surface area contributed by atoms with Crippen LogP contribution in [0.25, 0.3) is 0 Å². The first-order valence-electron chi connectivity index (χ1n) is 9.38. The lowest BCUT2D eigenvalue weighted by molar-refractivity contribution is 0.0421. The number of benzene rings is 1. The minimum absolute atomic E-state index is 0.0894. The van der Waals surface area contributed by atoms with Gasteiger partial charge in [0.1, 0.15) is 12.7 Å². The molecule has 0 N–H and O–H groups in total. The van der Waals surface area contributed by atoms with Crippen molar-refractivity contribution in [2.24, 2.45) is 0 Å².